The van der Waals surface area contributed by atoms with Gasteiger partial charge in [-0.2, -0.15) is 5.10 Å². The molecular formula is C14H16N4OS. The lowest BCUT2D eigenvalue weighted by molar-refractivity contribution is -0.122. The van der Waals surface area contributed by atoms with Crippen LogP contribution in [-0.2, 0) is 11.3 Å². The number of nitrogens with zero attached hydrogens (tertiary/aromatic N) is 3. The van der Waals surface area contributed by atoms with Gasteiger partial charge in [0.25, 0.3) is 0 Å². The van der Waals surface area contributed by atoms with Gasteiger partial charge >= 0.3 is 0 Å². The third-order valence-corrected chi connectivity index (χ3v) is 4.45. The molecule has 5 nitrogen and oxygen atoms in total. The van der Waals surface area contributed by atoms with Crippen LogP contribution in [0, 0.1) is 0 Å². The van der Waals surface area contributed by atoms with Crippen molar-refractivity contribution in [2.45, 2.75) is 30.3 Å². The van der Waals surface area contributed by atoms with E-state index in [1.807, 2.05) is 23.9 Å². The maximum Gasteiger partial charge on any atom is 0.222 e. The van der Waals surface area contributed by atoms with Crippen LogP contribution in [0.3, 0.4) is 0 Å². The Hall–Kier alpha value is -1.82. The number of benzene rings is 1. The van der Waals surface area contributed by atoms with Crippen LogP contribution in [0.4, 0.5) is 0 Å². The Morgan fingerprint density at radius 1 is 1.45 bits per heavy atom. The fourth-order valence-electron chi connectivity index (χ4n) is 2.32. The summed E-state index contributed by atoms with van der Waals surface area (Å²) in [6.45, 7) is 0.564. The second-order valence-corrected chi connectivity index (χ2v) is 5.84. The van der Waals surface area contributed by atoms with Crippen LogP contribution < -0.4 is 5.32 Å². The van der Waals surface area contributed by atoms with Gasteiger partial charge in [0.15, 0.2) is 0 Å². The number of nitrogens with one attached hydrogen (secondary N) is 1. The Labute approximate surface area is 121 Å². The van der Waals surface area contributed by atoms with Crippen LogP contribution in [0.2, 0.25) is 0 Å². The van der Waals surface area contributed by atoms with Crippen molar-refractivity contribution in [2.75, 3.05) is 5.75 Å². The number of amides is 1. The molecule has 1 aromatic carbocycles. The molecule has 6 heteroatoms. The molecule has 0 fully saturated rings. The zero-order chi connectivity index (χ0) is 13.8. The van der Waals surface area contributed by atoms with Crippen molar-refractivity contribution >= 4 is 17.7 Å². The Balaban J connectivity index is 1.59. The standard InChI is InChI=1S/C14H16N4OS/c19-14(5-7-18-10-15-9-16-18)17-12-6-8-20-13-4-2-1-3-11(12)13/h1-4,9-10,12H,5-8H2,(H,17,19)/t12-/m0/s1. The van der Waals surface area contributed by atoms with Gasteiger partial charge in [0.2, 0.25) is 5.91 Å². The lowest BCUT2D eigenvalue weighted by atomic mass is 10.0. The first-order valence-corrected chi connectivity index (χ1v) is 7.65. The van der Waals surface area contributed by atoms with Gasteiger partial charge in [-0.25, -0.2) is 4.98 Å². The topological polar surface area (TPSA) is 59.8 Å². The second kappa shape index (κ2) is 6.09. The van der Waals surface area contributed by atoms with Crippen molar-refractivity contribution in [3.8, 4) is 0 Å². The number of carbonyl (C=O) groups excluding carboxylic acids is 1. The zero-order valence-corrected chi connectivity index (χ0v) is 11.8. The molecule has 104 valence electrons. The summed E-state index contributed by atoms with van der Waals surface area (Å²) in [6.07, 6.45) is 4.51. The van der Waals surface area contributed by atoms with Gasteiger partial charge in [0, 0.05) is 17.1 Å². The van der Waals surface area contributed by atoms with E-state index < -0.39 is 0 Å². The molecule has 2 heterocycles. The summed E-state index contributed by atoms with van der Waals surface area (Å²) in [5.74, 6) is 1.11. The van der Waals surface area contributed by atoms with Crippen LogP contribution in [0.5, 0.6) is 0 Å². The Kier molecular flexibility index (Phi) is 4.01. The van der Waals surface area contributed by atoms with Crippen molar-refractivity contribution in [1.82, 2.24) is 20.1 Å². The number of rotatable bonds is 4. The fourth-order valence-corrected chi connectivity index (χ4v) is 3.45. The predicted molar refractivity (Wildman–Crippen MR) is 77.3 cm³/mol. The van der Waals surface area contributed by atoms with E-state index in [2.05, 4.69) is 27.5 Å². The summed E-state index contributed by atoms with van der Waals surface area (Å²) in [4.78, 5) is 17.2. The first-order chi connectivity index (χ1) is 9.83. The number of hydrogen-bond acceptors (Lipinski definition) is 4. The molecule has 1 atom stereocenters. The average molecular weight is 288 g/mol. The molecule has 0 bridgehead atoms. The molecule has 20 heavy (non-hydrogen) atoms. The van der Waals surface area contributed by atoms with Crippen molar-refractivity contribution in [1.29, 1.82) is 0 Å². The van der Waals surface area contributed by atoms with Gasteiger partial charge in [-0.1, -0.05) is 18.2 Å². The van der Waals surface area contributed by atoms with Crippen LogP contribution in [0.15, 0.2) is 41.8 Å². The highest BCUT2D eigenvalue weighted by atomic mass is 32.2. The van der Waals surface area contributed by atoms with Crippen molar-refractivity contribution in [3.05, 3.63) is 42.5 Å². The highest BCUT2D eigenvalue weighted by Crippen LogP contribution is 2.35. The maximum absolute atomic E-state index is 12.0. The summed E-state index contributed by atoms with van der Waals surface area (Å²) in [6, 6.07) is 8.42. The minimum atomic E-state index is 0.0622. The smallest absolute Gasteiger partial charge is 0.222 e. The van der Waals surface area contributed by atoms with Gasteiger partial charge in [0.05, 0.1) is 12.6 Å². The molecule has 1 aromatic heterocycles. The monoisotopic (exact) mass is 288 g/mol. The number of hydrogen-bond donors (Lipinski definition) is 1. The van der Waals surface area contributed by atoms with E-state index in [1.54, 1.807) is 11.0 Å². The van der Waals surface area contributed by atoms with Crippen LogP contribution >= 0.6 is 11.8 Å². The second-order valence-electron chi connectivity index (χ2n) is 4.70. The minimum Gasteiger partial charge on any atom is -0.349 e. The zero-order valence-electron chi connectivity index (χ0n) is 11.0. The third-order valence-electron chi connectivity index (χ3n) is 3.33. The minimum absolute atomic E-state index is 0.0622. The molecule has 1 aliphatic heterocycles. The number of aryl methyl sites for hydroxylation is 1. The number of thioether (sulfide) groups is 1. The molecule has 0 saturated heterocycles. The molecule has 1 amide bonds. The summed E-state index contributed by atoms with van der Waals surface area (Å²) >= 11 is 1.86. The quantitative estimate of drug-likeness (QED) is 0.935. The fraction of sp³-hybridized carbons (Fsp3) is 0.357. The SMILES string of the molecule is O=C(CCn1cncn1)N[C@H]1CCSc2ccccc21. The Morgan fingerprint density at radius 3 is 3.20 bits per heavy atom. The number of fused-ring (bicyclic) bond motifs is 1. The highest BCUT2D eigenvalue weighted by molar-refractivity contribution is 7.99. The van der Waals surface area contributed by atoms with Gasteiger partial charge in [0.1, 0.15) is 12.7 Å². The van der Waals surface area contributed by atoms with Crippen molar-refractivity contribution in [2.24, 2.45) is 0 Å². The van der Waals surface area contributed by atoms with E-state index in [0.29, 0.717) is 13.0 Å². The van der Waals surface area contributed by atoms with E-state index in [-0.39, 0.29) is 11.9 Å². The third kappa shape index (κ3) is 3.01. The van der Waals surface area contributed by atoms with Crippen LogP contribution in [-0.4, -0.2) is 26.4 Å². The van der Waals surface area contributed by atoms with E-state index >= 15 is 0 Å². The summed E-state index contributed by atoms with van der Waals surface area (Å²) < 4.78 is 1.67. The van der Waals surface area contributed by atoms with Crippen LogP contribution in [0.1, 0.15) is 24.4 Å². The molecule has 2 aromatic rings. The Bertz CT molecular complexity index is 585. The summed E-state index contributed by atoms with van der Waals surface area (Å²) in [5.41, 5.74) is 1.23. The lowest BCUT2D eigenvalue weighted by Gasteiger charge is -2.25. The Morgan fingerprint density at radius 2 is 2.35 bits per heavy atom. The van der Waals surface area contributed by atoms with Gasteiger partial charge in [-0.05, 0) is 18.1 Å². The first-order valence-electron chi connectivity index (χ1n) is 6.66. The van der Waals surface area contributed by atoms with E-state index in [9.17, 15) is 4.79 Å². The van der Waals surface area contributed by atoms with Crippen LogP contribution in [0.25, 0.3) is 0 Å². The van der Waals surface area contributed by atoms with Crippen molar-refractivity contribution in [3.63, 3.8) is 0 Å². The molecule has 0 unspecified atom stereocenters. The van der Waals surface area contributed by atoms with Gasteiger partial charge < -0.3 is 5.32 Å². The normalized spacial score (nSPS) is 17.5. The molecule has 0 aliphatic carbocycles. The molecule has 0 saturated carbocycles. The number of aromatic nitrogens is 3. The summed E-state index contributed by atoms with van der Waals surface area (Å²) in [5, 5.41) is 7.12. The highest BCUT2D eigenvalue weighted by Gasteiger charge is 2.21. The molecule has 0 radical (unpaired) electrons. The van der Waals surface area contributed by atoms with E-state index in [1.165, 1.54) is 16.8 Å². The first kappa shape index (κ1) is 13.2. The lowest BCUT2D eigenvalue weighted by Crippen LogP contribution is -2.31. The largest absolute Gasteiger partial charge is 0.349 e. The maximum atomic E-state index is 12.0. The molecule has 1 N–H and O–H groups in total. The van der Waals surface area contributed by atoms with Gasteiger partial charge in [-0.15, -0.1) is 11.8 Å². The summed E-state index contributed by atoms with van der Waals surface area (Å²) in [7, 11) is 0. The molecule has 3 rings (SSSR count). The molecule has 0 spiro atoms. The average Bonchev–Trinajstić information content (AvgIpc) is 2.99. The predicted octanol–water partition coefficient (Wildman–Crippen LogP) is 2.02. The van der Waals surface area contributed by atoms with Crippen molar-refractivity contribution < 1.29 is 4.79 Å². The van der Waals surface area contributed by atoms with E-state index in [0.717, 1.165) is 12.2 Å². The van der Waals surface area contributed by atoms with Gasteiger partial charge in [-0.3, -0.25) is 9.48 Å². The molecule has 1 aliphatic rings. The van der Waals surface area contributed by atoms with E-state index in [4.69, 9.17) is 0 Å². The molecular weight excluding hydrogens is 272 g/mol. The number of carbonyl (C=O) groups is 1.